The topological polar surface area (TPSA) is 37.4 Å². The van der Waals surface area contributed by atoms with Gasteiger partial charge in [-0.05, 0) is 49.2 Å². The van der Waals surface area contributed by atoms with Gasteiger partial charge in [0.25, 0.3) is 0 Å². The van der Waals surface area contributed by atoms with Gasteiger partial charge in [-0.15, -0.1) is 0 Å². The van der Waals surface area contributed by atoms with Gasteiger partial charge >= 0.3 is 0 Å². The number of aromatic nitrogens is 1. The van der Waals surface area contributed by atoms with Crippen molar-refractivity contribution < 1.29 is 9.13 Å². The van der Waals surface area contributed by atoms with Gasteiger partial charge in [0.05, 0.1) is 18.9 Å². The summed E-state index contributed by atoms with van der Waals surface area (Å²) in [6, 6.07) is 9.13. The van der Waals surface area contributed by atoms with E-state index in [4.69, 9.17) is 4.74 Å². The molecule has 1 fully saturated rings. The molecule has 5 heteroatoms. The average molecular weight is 329 g/mol. The molecule has 4 nitrogen and oxygen atoms in total. The van der Waals surface area contributed by atoms with Crippen molar-refractivity contribution >= 4 is 5.69 Å². The van der Waals surface area contributed by atoms with E-state index in [0.717, 1.165) is 35.6 Å². The van der Waals surface area contributed by atoms with Crippen molar-refractivity contribution in [3.8, 4) is 0 Å². The number of hydrogen-bond donors (Lipinski definition) is 1. The number of pyridine rings is 1. The van der Waals surface area contributed by atoms with Gasteiger partial charge < -0.3 is 15.0 Å². The molecule has 0 bridgehead atoms. The molecule has 0 amide bonds. The molecule has 1 saturated heterocycles. The third-order valence-electron chi connectivity index (χ3n) is 4.37. The molecule has 1 atom stereocenters. The van der Waals surface area contributed by atoms with Crippen LogP contribution in [-0.4, -0.2) is 31.3 Å². The quantitative estimate of drug-likeness (QED) is 0.914. The van der Waals surface area contributed by atoms with Crippen LogP contribution < -0.4 is 10.2 Å². The van der Waals surface area contributed by atoms with Crippen LogP contribution in [0, 0.1) is 12.7 Å². The van der Waals surface area contributed by atoms with Crippen LogP contribution in [0.15, 0.2) is 36.5 Å². The smallest absolute Gasteiger partial charge is 0.123 e. The lowest BCUT2D eigenvalue weighted by molar-refractivity contribution is 0.122. The molecule has 2 aromatic rings. The van der Waals surface area contributed by atoms with Crippen molar-refractivity contribution in [3.05, 3.63) is 59.2 Å². The highest BCUT2D eigenvalue weighted by molar-refractivity contribution is 5.55. The molecule has 0 saturated carbocycles. The maximum atomic E-state index is 13.8. The SMILES string of the molecule is Cc1ccc(CNC(C)c2cc(F)ccc2N2CCOCC2)nc1. The number of halogens is 1. The Morgan fingerprint density at radius 3 is 2.75 bits per heavy atom. The summed E-state index contributed by atoms with van der Waals surface area (Å²) in [6.45, 7) is 7.84. The second-order valence-corrected chi connectivity index (χ2v) is 6.23. The number of nitrogens with one attached hydrogen (secondary N) is 1. The third kappa shape index (κ3) is 4.10. The summed E-state index contributed by atoms with van der Waals surface area (Å²) < 4.78 is 19.2. The van der Waals surface area contributed by atoms with E-state index in [1.165, 1.54) is 6.07 Å². The van der Waals surface area contributed by atoms with Gasteiger partial charge in [-0.1, -0.05) is 6.07 Å². The fraction of sp³-hybridized carbons (Fsp3) is 0.421. The number of benzene rings is 1. The van der Waals surface area contributed by atoms with E-state index in [9.17, 15) is 4.39 Å². The van der Waals surface area contributed by atoms with Gasteiger partial charge in [-0.3, -0.25) is 4.98 Å². The zero-order chi connectivity index (χ0) is 16.9. The summed E-state index contributed by atoms with van der Waals surface area (Å²) in [4.78, 5) is 6.67. The Bertz CT molecular complexity index is 669. The number of anilines is 1. The lowest BCUT2D eigenvalue weighted by Gasteiger charge is -2.32. The molecule has 0 spiro atoms. The van der Waals surface area contributed by atoms with Gasteiger partial charge in [0.2, 0.25) is 0 Å². The fourth-order valence-electron chi connectivity index (χ4n) is 2.94. The summed E-state index contributed by atoms with van der Waals surface area (Å²) in [5.41, 5.74) is 4.18. The van der Waals surface area contributed by atoms with Crippen LogP contribution >= 0.6 is 0 Å². The molecule has 1 unspecified atom stereocenters. The van der Waals surface area contributed by atoms with E-state index in [0.29, 0.717) is 19.8 Å². The number of aryl methyl sites for hydroxylation is 1. The zero-order valence-corrected chi connectivity index (χ0v) is 14.3. The number of morpholine rings is 1. The van der Waals surface area contributed by atoms with Crippen molar-refractivity contribution in [1.29, 1.82) is 0 Å². The molecule has 24 heavy (non-hydrogen) atoms. The van der Waals surface area contributed by atoms with Crippen LogP contribution in [0.2, 0.25) is 0 Å². The van der Waals surface area contributed by atoms with E-state index in [2.05, 4.69) is 28.2 Å². The first-order chi connectivity index (χ1) is 11.6. The molecule has 0 aliphatic carbocycles. The predicted molar refractivity (Wildman–Crippen MR) is 93.7 cm³/mol. The van der Waals surface area contributed by atoms with E-state index in [-0.39, 0.29) is 11.9 Å². The fourth-order valence-corrected chi connectivity index (χ4v) is 2.94. The second-order valence-electron chi connectivity index (χ2n) is 6.23. The van der Waals surface area contributed by atoms with Crippen LogP contribution in [0.25, 0.3) is 0 Å². The maximum Gasteiger partial charge on any atom is 0.123 e. The second kappa shape index (κ2) is 7.73. The molecule has 3 rings (SSSR count). The van der Waals surface area contributed by atoms with Gasteiger partial charge in [-0.25, -0.2) is 4.39 Å². The van der Waals surface area contributed by atoms with Gasteiger partial charge in [0, 0.05) is 37.6 Å². The van der Waals surface area contributed by atoms with Crippen LogP contribution in [0.4, 0.5) is 10.1 Å². The van der Waals surface area contributed by atoms with Crippen LogP contribution in [-0.2, 0) is 11.3 Å². The Balaban J connectivity index is 1.74. The molecule has 0 radical (unpaired) electrons. The van der Waals surface area contributed by atoms with Crippen molar-refractivity contribution in [2.24, 2.45) is 0 Å². The first-order valence-corrected chi connectivity index (χ1v) is 8.40. The molecular formula is C19H24FN3O. The largest absolute Gasteiger partial charge is 0.378 e. The van der Waals surface area contributed by atoms with Crippen LogP contribution in [0.3, 0.4) is 0 Å². The van der Waals surface area contributed by atoms with Gasteiger partial charge in [-0.2, -0.15) is 0 Å². The number of hydrogen-bond acceptors (Lipinski definition) is 4. The Kier molecular flexibility index (Phi) is 5.43. The highest BCUT2D eigenvalue weighted by Gasteiger charge is 2.18. The molecule has 1 aliphatic rings. The highest BCUT2D eigenvalue weighted by atomic mass is 19.1. The summed E-state index contributed by atoms with van der Waals surface area (Å²) in [7, 11) is 0. The van der Waals surface area contributed by atoms with Crippen molar-refractivity contribution in [2.45, 2.75) is 26.4 Å². The average Bonchev–Trinajstić information content (AvgIpc) is 2.61. The van der Waals surface area contributed by atoms with Crippen molar-refractivity contribution in [3.63, 3.8) is 0 Å². The van der Waals surface area contributed by atoms with Gasteiger partial charge in [0.1, 0.15) is 5.82 Å². The lowest BCUT2D eigenvalue weighted by atomic mass is 10.0. The molecule has 128 valence electrons. The van der Waals surface area contributed by atoms with Gasteiger partial charge in [0.15, 0.2) is 0 Å². The lowest BCUT2D eigenvalue weighted by Crippen LogP contribution is -2.37. The Morgan fingerprint density at radius 2 is 2.04 bits per heavy atom. The maximum absolute atomic E-state index is 13.8. The predicted octanol–water partition coefficient (Wildman–Crippen LogP) is 3.22. The van der Waals surface area contributed by atoms with E-state index >= 15 is 0 Å². The summed E-state index contributed by atoms with van der Waals surface area (Å²) in [5, 5.41) is 3.45. The van der Waals surface area contributed by atoms with E-state index in [1.54, 1.807) is 6.07 Å². The summed E-state index contributed by atoms with van der Waals surface area (Å²) in [5.74, 6) is -0.205. The first kappa shape index (κ1) is 16.9. The highest BCUT2D eigenvalue weighted by Crippen LogP contribution is 2.28. The minimum atomic E-state index is -0.205. The number of ether oxygens (including phenoxy) is 1. The monoisotopic (exact) mass is 329 g/mol. The Labute approximate surface area is 142 Å². The summed E-state index contributed by atoms with van der Waals surface area (Å²) >= 11 is 0. The Hall–Kier alpha value is -1.98. The van der Waals surface area contributed by atoms with Crippen molar-refractivity contribution in [2.75, 3.05) is 31.2 Å². The van der Waals surface area contributed by atoms with Crippen LogP contribution in [0.5, 0.6) is 0 Å². The third-order valence-corrected chi connectivity index (χ3v) is 4.37. The number of nitrogens with zero attached hydrogens (tertiary/aromatic N) is 2. The molecular weight excluding hydrogens is 305 g/mol. The minimum absolute atomic E-state index is 0.0293. The van der Waals surface area contributed by atoms with E-state index < -0.39 is 0 Å². The van der Waals surface area contributed by atoms with Crippen molar-refractivity contribution in [1.82, 2.24) is 10.3 Å². The normalized spacial score (nSPS) is 16.2. The molecule has 2 heterocycles. The minimum Gasteiger partial charge on any atom is -0.378 e. The molecule has 1 aliphatic heterocycles. The summed E-state index contributed by atoms with van der Waals surface area (Å²) in [6.07, 6.45) is 1.86. The van der Waals surface area contributed by atoms with Crippen LogP contribution in [0.1, 0.15) is 29.8 Å². The number of rotatable bonds is 5. The molecule has 1 aromatic heterocycles. The van der Waals surface area contributed by atoms with E-state index in [1.807, 2.05) is 25.3 Å². The Morgan fingerprint density at radius 1 is 1.25 bits per heavy atom. The first-order valence-electron chi connectivity index (χ1n) is 8.40. The molecule has 1 N–H and O–H groups in total. The molecule has 1 aromatic carbocycles. The zero-order valence-electron chi connectivity index (χ0n) is 14.3. The standard InChI is InChI=1S/C19H24FN3O/c1-14-3-5-17(22-12-14)13-21-15(2)18-11-16(20)4-6-19(18)23-7-9-24-10-8-23/h3-6,11-12,15,21H,7-10,13H2,1-2H3.